The van der Waals surface area contributed by atoms with Gasteiger partial charge in [0.25, 0.3) is 0 Å². The van der Waals surface area contributed by atoms with Crippen molar-refractivity contribution in [2.24, 2.45) is 0 Å². The molecule has 6 nitrogen and oxygen atoms in total. The molecule has 4 rings (SSSR count). The first-order valence-electron chi connectivity index (χ1n) is 10.9. The molecule has 2 N–H and O–H groups in total. The molecular weight excluding hydrogens is 447 g/mol. The number of benzene rings is 4. The van der Waals surface area contributed by atoms with E-state index >= 15 is 0 Å². The molecule has 0 saturated heterocycles. The highest BCUT2D eigenvalue weighted by atomic mass is 19.1. The highest BCUT2D eigenvalue weighted by molar-refractivity contribution is 6.01. The fourth-order valence-corrected chi connectivity index (χ4v) is 3.52. The summed E-state index contributed by atoms with van der Waals surface area (Å²) in [6.07, 6.45) is -0.471. The van der Waals surface area contributed by atoms with Crippen LogP contribution in [0.4, 0.5) is 20.6 Å². The maximum absolute atomic E-state index is 13.1. The Morgan fingerprint density at radius 1 is 0.743 bits per heavy atom. The van der Waals surface area contributed by atoms with E-state index in [1.165, 1.54) is 37.4 Å². The average molecular weight is 471 g/mol. The lowest BCUT2D eigenvalue weighted by Crippen LogP contribution is -2.20. The van der Waals surface area contributed by atoms with Gasteiger partial charge in [0.05, 0.1) is 7.11 Å². The van der Waals surface area contributed by atoms with Gasteiger partial charge in [0.1, 0.15) is 23.2 Å². The van der Waals surface area contributed by atoms with Gasteiger partial charge in [0.2, 0.25) is 0 Å². The second kappa shape index (κ2) is 11.0. The number of halogens is 1. The van der Waals surface area contributed by atoms with Crippen LogP contribution in [0.25, 0.3) is 0 Å². The number of urea groups is 1. The number of carbonyl (C=O) groups excluding carboxylic acids is 2. The molecule has 0 unspecified atom stereocenters. The minimum absolute atomic E-state index is 0.156. The second-order valence-corrected chi connectivity index (χ2v) is 7.61. The van der Waals surface area contributed by atoms with Gasteiger partial charge in [-0.05, 0) is 53.6 Å². The Bertz CT molecular complexity index is 1260. The van der Waals surface area contributed by atoms with E-state index in [0.29, 0.717) is 17.1 Å². The Kier molecular flexibility index (Phi) is 7.37. The minimum Gasteiger partial charge on any atom is -0.480 e. The Balaban J connectivity index is 1.60. The molecule has 176 valence electrons. The van der Waals surface area contributed by atoms with Gasteiger partial charge in [-0.2, -0.15) is 0 Å². The standard InChI is InChI=1S/C28H23FN2O4/c1-34-27(32)24-18-23(31-28(33)30-22-14-12-21(29)13-15-22)16-17-25(24)35-26(19-8-4-2-5-9-19)20-10-6-3-7-11-20/h2-18,26H,1H3,(H2,30,31,33). The molecule has 0 aliphatic carbocycles. The average Bonchev–Trinajstić information content (AvgIpc) is 2.89. The summed E-state index contributed by atoms with van der Waals surface area (Å²) in [5.74, 6) is -0.708. The first kappa shape index (κ1) is 23.5. The summed E-state index contributed by atoms with van der Waals surface area (Å²) in [4.78, 5) is 25.0. The van der Waals surface area contributed by atoms with Crippen LogP contribution in [-0.4, -0.2) is 19.1 Å². The van der Waals surface area contributed by atoms with Crippen molar-refractivity contribution in [1.29, 1.82) is 0 Å². The maximum atomic E-state index is 13.1. The predicted octanol–water partition coefficient (Wildman–Crippen LogP) is 6.42. The third-order valence-corrected chi connectivity index (χ3v) is 5.19. The van der Waals surface area contributed by atoms with Crippen molar-refractivity contribution in [2.45, 2.75) is 6.10 Å². The van der Waals surface area contributed by atoms with E-state index in [-0.39, 0.29) is 5.56 Å². The molecule has 0 aliphatic heterocycles. The van der Waals surface area contributed by atoms with Crippen molar-refractivity contribution in [2.75, 3.05) is 17.7 Å². The van der Waals surface area contributed by atoms with Crippen molar-refractivity contribution in [3.05, 3.63) is 126 Å². The van der Waals surface area contributed by atoms with Crippen molar-refractivity contribution >= 4 is 23.4 Å². The number of esters is 1. The van der Waals surface area contributed by atoms with Gasteiger partial charge in [-0.15, -0.1) is 0 Å². The van der Waals surface area contributed by atoms with Gasteiger partial charge in [-0.25, -0.2) is 14.0 Å². The van der Waals surface area contributed by atoms with Crippen LogP contribution in [0.1, 0.15) is 27.6 Å². The Morgan fingerprint density at radius 2 is 1.29 bits per heavy atom. The van der Waals surface area contributed by atoms with Crippen LogP contribution in [0.15, 0.2) is 103 Å². The number of nitrogens with one attached hydrogen (secondary N) is 2. The number of hydrogen-bond donors (Lipinski definition) is 2. The zero-order valence-electron chi connectivity index (χ0n) is 18.9. The van der Waals surface area contributed by atoms with Gasteiger partial charge >= 0.3 is 12.0 Å². The van der Waals surface area contributed by atoms with Crippen LogP contribution in [0.3, 0.4) is 0 Å². The van der Waals surface area contributed by atoms with E-state index in [0.717, 1.165) is 11.1 Å². The Labute approximate surface area is 202 Å². The summed E-state index contributed by atoms with van der Waals surface area (Å²) in [5, 5.41) is 5.27. The highest BCUT2D eigenvalue weighted by Gasteiger charge is 2.21. The molecule has 0 saturated carbocycles. The van der Waals surface area contributed by atoms with Gasteiger partial charge in [0.15, 0.2) is 0 Å². The lowest BCUT2D eigenvalue weighted by Gasteiger charge is -2.22. The van der Waals surface area contributed by atoms with Crippen LogP contribution in [0, 0.1) is 5.82 Å². The zero-order chi connectivity index (χ0) is 24.6. The topological polar surface area (TPSA) is 76.7 Å². The first-order chi connectivity index (χ1) is 17.0. The largest absolute Gasteiger partial charge is 0.480 e. The van der Waals surface area contributed by atoms with E-state index < -0.39 is 23.9 Å². The van der Waals surface area contributed by atoms with E-state index in [9.17, 15) is 14.0 Å². The quantitative estimate of drug-likeness (QED) is 0.305. The number of rotatable bonds is 7. The summed E-state index contributed by atoms with van der Waals surface area (Å²) in [7, 11) is 1.28. The SMILES string of the molecule is COC(=O)c1cc(NC(=O)Nc2ccc(F)cc2)ccc1OC(c1ccccc1)c1ccccc1. The molecule has 0 atom stereocenters. The third-order valence-electron chi connectivity index (χ3n) is 5.19. The van der Waals surface area contributed by atoms with Crippen LogP contribution in [0.2, 0.25) is 0 Å². The number of carbonyl (C=O) groups is 2. The molecule has 4 aromatic carbocycles. The monoisotopic (exact) mass is 470 g/mol. The van der Waals surface area contributed by atoms with Crippen LogP contribution < -0.4 is 15.4 Å². The van der Waals surface area contributed by atoms with E-state index in [4.69, 9.17) is 9.47 Å². The molecule has 0 spiro atoms. The van der Waals surface area contributed by atoms with E-state index in [1.54, 1.807) is 12.1 Å². The molecule has 0 aliphatic rings. The van der Waals surface area contributed by atoms with Gasteiger partial charge in [-0.3, -0.25) is 0 Å². The Morgan fingerprint density at radius 3 is 1.86 bits per heavy atom. The van der Waals surface area contributed by atoms with Gasteiger partial charge < -0.3 is 20.1 Å². The second-order valence-electron chi connectivity index (χ2n) is 7.61. The summed E-state index contributed by atoms with van der Waals surface area (Å²) >= 11 is 0. The molecule has 4 aromatic rings. The minimum atomic E-state index is -0.609. The maximum Gasteiger partial charge on any atom is 0.341 e. The molecule has 35 heavy (non-hydrogen) atoms. The van der Waals surface area contributed by atoms with E-state index in [1.807, 2.05) is 60.7 Å². The Hall–Kier alpha value is -4.65. The third kappa shape index (κ3) is 6.03. The molecule has 2 amide bonds. The van der Waals surface area contributed by atoms with Crippen LogP contribution >= 0.6 is 0 Å². The predicted molar refractivity (Wildman–Crippen MR) is 132 cm³/mol. The lowest BCUT2D eigenvalue weighted by molar-refractivity contribution is 0.0594. The summed E-state index contributed by atoms with van der Waals surface area (Å²) in [6, 6.07) is 28.9. The van der Waals surface area contributed by atoms with Gasteiger partial charge in [0, 0.05) is 11.4 Å². The van der Waals surface area contributed by atoms with Crippen molar-refractivity contribution < 1.29 is 23.5 Å². The zero-order valence-corrected chi connectivity index (χ0v) is 18.9. The molecular formula is C28H23FN2O4. The van der Waals surface area contributed by atoms with E-state index in [2.05, 4.69) is 10.6 Å². The molecule has 0 radical (unpaired) electrons. The normalized spacial score (nSPS) is 10.5. The van der Waals surface area contributed by atoms with Crippen LogP contribution in [-0.2, 0) is 4.74 Å². The lowest BCUT2D eigenvalue weighted by atomic mass is 10.0. The fourth-order valence-electron chi connectivity index (χ4n) is 3.52. The number of hydrogen-bond acceptors (Lipinski definition) is 4. The van der Waals surface area contributed by atoms with Crippen molar-refractivity contribution in [3.63, 3.8) is 0 Å². The molecule has 0 fully saturated rings. The molecule has 0 bridgehead atoms. The molecule has 0 aromatic heterocycles. The first-order valence-corrected chi connectivity index (χ1v) is 10.9. The van der Waals surface area contributed by atoms with Crippen molar-refractivity contribution in [3.8, 4) is 5.75 Å². The van der Waals surface area contributed by atoms with Crippen molar-refractivity contribution in [1.82, 2.24) is 0 Å². The van der Waals surface area contributed by atoms with Crippen LogP contribution in [0.5, 0.6) is 5.75 Å². The van der Waals surface area contributed by atoms with Gasteiger partial charge in [-0.1, -0.05) is 60.7 Å². The number of anilines is 2. The summed E-state index contributed by atoms with van der Waals surface area (Å²) < 4.78 is 24.4. The number of methoxy groups -OCH3 is 1. The highest BCUT2D eigenvalue weighted by Crippen LogP contribution is 2.32. The molecule has 0 heterocycles. The summed E-state index contributed by atoms with van der Waals surface area (Å²) in [6.45, 7) is 0. The number of amides is 2. The smallest absolute Gasteiger partial charge is 0.341 e. The molecule has 7 heteroatoms. The fraction of sp³-hybridized carbons (Fsp3) is 0.0714. The number of ether oxygens (including phenoxy) is 2. The summed E-state index contributed by atoms with van der Waals surface area (Å²) in [5.41, 5.74) is 2.76.